The standard InChI is InChI=1S/C25H25N3/c1-26-18-16-20(17-19-26)8-10-22-12-13-23(27(22)2)14-15-24-11-9-21-6-4-5-7-25(21)28(24)3/h4-19H,1-3H3/q+2. The van der Waals surface area contributed by atoms with Gasteiger partial charge in [-0.25, -0.2) is 4.57 Å². The molecule has 0 amide bonds. The van der Waals surface area contributed by atoms with E-state index in [1.165, 1.54) is 33.5 Å². The van der Waals surface area contributed by atoms with Gasteiger partial charge in [-0.3, -0.25) is 0 Å². The summed E-state index contributed by atoms with van der Waals surface area (Å²) < 4.78 is 6.47. The molecule has 1 aromatic carbocycles. The van der Waals surface area contributed by atoms with Crippen LogP contribution < -0.4 is 9.13 Å². The van der Waals surface area contributed by atoms with Crippen LogP contribution in [-0.2, 0) is 21.1 Å². The van der Waals surface area contributed by atoms with Crippen molar-refractivity contribution in [2.24, 2.45) is 21.1 Å². The van der Waals surface area contributed by atoms with Crippen molar-refractivity contribution in [2.45, 2.75) is 0 Å². The highest BCUT2D eigenvalue weighted by Gasteiger charge is 2.08. The highest BCUT2D eigenvalue weighted by Crippen LogP contribution is 2.15. The Hall–Kier alpha value is -3.46. The molecule has 3 heterocycles. The number of fused-ring (bicyclic) bond motifs is 1. The number of aromatic nitrogens is 3. The second kappa shape index (κ2) is 7.65. The van der Waals surface area contributed by atoms with Gasteiger partial charge in [-0.05, 0) is 42.0 Å². The number of aryl methyl sites for hydroxylation is 2. The minimum Gasteiger partial charge on any atom is -0.345 e. The van der Waals surface area contributed by atoms with Crippen molar-refractivity contribution in [3.05, 3.63) is 95.7 Å². The van der Waals surface area contributed by atoms with E-state index >= 15 is 0 Å². The summed E-state index contributed by atoms with van der Waals surface area (Å²) in [4.78, 5) is 0. The highest BCUT2D eigenvalue weighted by molar-refractivity contribution is 5.77. The normalized spacial score (nSPS) is 11.8. The zero-order valence-corrected chi connectivity index (χ0v) is 16.6. The average molecular weight is 367 g/mol. The Balaban J connectivity index is 1.58. The van der Waals surface area contributed by atoms with Crippen molar-refractivity contribution in [3.8, 4) is 0 Å². The predicted octanol–water partition coefficient (Wildman–Crippen LogP) is 4.17. The lowest BCUT2D eigenvalue weighted by Gasteiger charge is -2.02. The number of hydrogen-bond donors (Lipinski definition) is 0. The number of hydrogen-bond acceptors (Lipinski definition) is 0. The third kappa shape index (κ3) is 3.65. The van der Waals surface area contributed by atoms with Crippen LogP contribution in [-0.4, -0.2) is 4.57 Å². The van der Waals surface area contributed by atoms with Crippen LogP contribution in [0.25, 0.3) is 35.2 Å². The molecule has 3 aromatic heterocycles. The summed E-state index contributed by atoms with van der Waals surface area (Å²) in [6.45, 7) is 0. The van der Waals surface area contributed by atoms with Gasteiger partial charge in [0.25, 0.3) is 0 Å². The summed E-state index contributed by atoms with van der Waals surface area (Å²) in [5.41, 5.74) is 5.95. The summed E-state index contributed by atoms with van der Waals surface area (Å²) in [5.74, 6) is 0. The van der Waals surface area contributed by atoms with Crippen LogP contribution in [0, 0.1) is 0 Å². The summed E-state index contributed by atoms with van der Waals surface area (Å²) in [6.07, 6.45) is 12.8. The number of rotatable bonds is 4. The van der Waals surface area contributed by atoms with E-state index in [2.05, 4.69) is 121 Å². The number of pyridine rings is 2. The quantitative estimate of drug-likeness (QED) is 0.480. The Labute approximate surface area is 166 Å². The first kappa shape index (κ1) is 17.9. The van der Waals surface area contributed by atoms with Gasteiger partial charge in [-0.15, -0.1) is 0 Å². The van der Waals surface area contributed by atoms with E-state index in [9.17, 15) is 0 Å². The van der Waals surface area contributed by atoms with Gasteiger partial charge >= 0.3 is 0 Å². The van der Waals surface area contributed by atoms with E-state index in [4.69, 9.17) is 0 Å². The molecular weight excluding hydrogens is 342 g/mol. The molecule has 3 nitrogen and oxygen atoms in total. The van der Waals surface area contributed by atoms with Gasteiger partial charge in [0.1, 0.15) is 14.1 Å². The minimum atomic E-state index is 1.17. The number of para-hydroxylation sites is 1. The molecule has 0 aliphatic carbocycles. The Morgan fingerprint density at radius 2 is 1.39 bits per heavy atom. The van der Waals surface area contributed by atoms with E-state index in [1.54, 1.807) is 0 Å². The zero-order chi connectivity index (χ0) is 19.5. The maximum absolute atomic E-state index is 2.23. The fourth-order valence-electron chi connectivity index (χ4n) is 3.38. The second-order valence-electron chi connectivity index (χ2n) is 7.08. The van der Waals surface area contributed by atoms with Crippen molar-refractivity contribution in [1.82, 2.24) is 4.57 Å². The molecule has 0 N–H and O–H groups in total. The van der Waals surface area contributed by atoms with Gasteiger partial charge in [-0.1, -0.05) is 18.2 Å². The average Bonchev–Trinajstić information content (AvgIpc) is 3.07. The minimum absolute atomic E-state index is 1.17. The van der Waals surface area contributed by atoms with Gasteiger partial charge < -0.3 is 4.57 Å². The summed E-state index contributed by atoms with van der Waals surface area (Å²) >= 11 is 0. The van der Waals surface area contributed by atoms with Gasteiger partial charge in [0.2, 0.25) is 11.2 Å². The van der Waals surface area contributed by atoms with Crippen LogP contribution in [0.3, 0.4) is 0 Å². The van der Waals surface area contributed by atoms with Crippen molar-refractivity contribution in [1.29, 1.82) is 0 Å². The van der Waals surface area contributed by atoms with Gasteiger partial charge in [0.15, 0.2) is 12.4 Å². The van der Waals surface area contributed by atoms with Crippen molar-refractivity contribution in [2.75, 3.05) is 0 Å². The molecule has 0 aliphatic rings. The summed E-state index contributed by atoms with van der Waals surface area (Å²) in [7, 11) is 6.24. The third-order valence-corrected chi connectivity index (χ3v) is 5.19. The van der Waals surface area contributed by atoms with E-state index in [-0.39, 0.29) is 0 Å². The SMILES string of the molecule is Cn1c(/C=C/c2cc[n+](C)cc2)ccc1/C=C/c1ccc2ccccc2[n+]1C. The predicted molar refractivity (Wildman–Crippen MR) is 116 cm³/mol. The Morgan fingerprint density at radius 1 is 0.714 bits per heavy atom. The lowest BCUT2D eigenvalue weighted by Crippen LogP contribution is -2.32. The Kier molecular flexibility index (Phi) is 4.90. The highest BCUT2D eigenvalue weighted by atomic mass is 15.0. The van der Waals surface area contributed by atoms with Crippen LogP contribution in [0.2, 0.25) is 0 Å². The van der Waals surface area contributed by atoms with Crippen LogP contribution >= 0.6 is 0 Å². The van der Waals surface area contributed by atoms with Crippen LogP contribution in [0.15, 0.2) is 73.1 Å². The molecule has 0 saturated carbocycles. The Bertz CT molecular complexity index is 1180. The topological polar surface area (TPSA) is 12.7 Å². The maximum Gasteiger partial charge on any atom is 0.212 e. The summed E-state index contributed by atoms with van der Waals surface area (Å²) in [5, 5.41) is 1.25. The number of nitrogens with zero attached hydrogens (tertiary/aromatic N) is 3. The molecule has 0 atom stereocenters. The number of benzene rings is 1. The van der Waals surface area contributed by atoms with Gasteiger partial charge in [-0.2, -0.15) is 4.57 Å². The van der Waals surface area contributed by atoms with E-state index in [0.29, 0.717) is 0 Å². The smallest absolute Gasteiger partial charge is 0.212 e. The second-order valence-corrected chi connectivity index (χ2v) is 7.08. The van der Waals surface area contributed by atoms with Crippen molar-refractivity contribution in [3.63, 3.8) is 0 Å². The molecule has 0 unspecified atom stereocenters. The molecular formula is C25H25N3+2. The van der Waals surface area contributed by atoms with Gasteiger partial charge in [0.05, 0.1) is 0 Å². The van der Waals surface area contributed by atoms with Crippen molar-refractivity contribution >= 4 is 35.2 Å². The molecule has 0 saturated heterocycles. The molecule has 4 aromatic rings. The first-order chi connectivity index (χ1) is 13.6. The molecule has 28 heavy (non-hydrogen) atoms. The fourth-order valence-corrected chi connectivity index (χ4v) is 3.38. The third-order valence-electron chi connectivity index (χ3n) is 5.19. The molecule has 138 valence electrons. The van der Waals surface area contributed by atoms with Crippen LogP contribution in [0.5, 0.6) is 0 Å². The first-order valence-electron chi connectivity index (χ1n) is 9.47. The first-order valence-corrected chi connectivity index (χ1v) is 9.47. The fraction of sp³-hybridized carbons (Fsp3) is 0.120. The van der Waals surface area contributed by atoms with Crippen molar-refractivity contribution < 1.29 is 9.13 Å². The zero-order valence-electron chi connectivity index (χ0n) is 16.6. The molecule has 0 spiro atoms. The monoisotopic (exact) mass is 367 g/mol. The molecule has 0 fully saturated rings. The van der Waals surface area contributed by atoms with Crippen LogP contribution in [0.1, 0.15) is 22.6 Å². The molecule has 3 heteroatoms. The summed E-state index contributed by atoms with van der Waals surface area (Å²) in [6, 6.07) is 21.3. The molecule has 0 aliphatic heterocycles. The van der Waals surface area contributed by atoms with Crippen LogP contribution in [0.4, 0.5) is 0 Å². The molecule has 0 bridgehead atoms. The van der Waals surface area contributed by atoms with Gasteiger partial charge in [0, 0.05) is 54.2 Å². The van der Waals surface area contributed by atoms with E-state index in [1.807, 2.05) is 11.6 Å². The maximum atomic E-state index is 2.23. The largest absolute Gasteiger partial charge is 0.345 e. The molecule has 4 rings (SSSR count). The lowest BCUT2D eigenvalue weighted by molar-refractivity contribution is -0.671. The Morgan fingerprint density at radius 3 is 2.14 bits per heavy atom. The molecule has 0 radical (unpaired) electrons. The lowest BCUT2D eigenvalue weighted by atomic mass is 10.2. The van der Waals surface area contributed by atoms with E-state index in [0.717, 1.165) is 0 Å². The van der Waals surface area contributed by atoms with E-state index < -0.39 is 0 Å².